The third-order valence-electron chi connectivity index (χ3n) is 2.89. The maximum atomic E-state index is 11.7. The van der Waals surface area contributed by atoms with E-state index in [1.54, 1.807) is 0 Å². The van der Waals surface area contributed by atoms with Crippen LogP contribution < -0.4 is 16.0 Å². The molecule has 5 nitrogen and oxygen atoms in total. The number of carbonyl (C=O) groups is 2. The lowest BCUT2D eigenvalue weighted by atomic mass is 9.99. The summed E-state index contributed by atoms with van der Waals surface area (Å²) in [5.74, 6) is 0.150. The maximum absolute atomic E-state index is 11.7. The van der Waals surface area contributed by atoms with Crippen LogP contribution >= 0.6 is 12.4 Å². The second-order valence-electron chi connectivity index (χ2n) is 4.43. The zero-order chi connectivity index (χ0) is 12.5. The van der Waals surface area contributed by atoms with Crippen LogP contribution in [0.3, 0.4) is 0 Å². The molecule has 0 saturated carbocycles. The molecular weight excluding hydrogens is 254 g/mol. The summed E-state index contributed by atoms with van der Waals surface area (Å²) >= 11 is 0. The third-order valence-corrected chi connectivity index (χ3v) is 2.89. The summed E-state index contributed by atoms with van der Waals surface area (Å²) in [4.78, 5) is 23.0. The molecule has 18 heavy (non-hydrogen) atoms. The molecule has 0 aromatic carbocycles. The molecular formula is C12H24ClN3O2. The van der Waals surface area contributed by atoms with Crippen molar-refractivity contribution in [2.45, 2.75) is 32.6 Å². The first-order valence-corrected chi connectivity index (χ1v) is 6.49. The summed E-state index contributed by atoms with van der Waals surface area (Å²) in [5, 5.41) is 8.81. The van der Waals surface area contributed by atoms with Crippen molar-refractivity contribution in [3.05, 3.63) is 0 Å². The summed E-state index contributed by atoms with van der Waals surface area (Å²) in [7, 11) is 0. The number of halogens is 1. The van der Waals surface area contributed by atoms with Gasteiger partial charge in [0, 0.05) is 26.1 Å². The van der Waals surface area contributed by atoms with E-state index in [0.29, 0.717) is 19.5 Å². The van der Waals surface area contributed by atoms with Crippen molar-refractivity contribution in [3.8, 4) is 0 Å². The second-order valence-corrected chi connectivity index (χ2v) is 4.43. The Morgan fingerprint density at radius 3 is 2.67 bits per heavy atom. The van der Waals surface area contributed by atoms with E-state index in [0.717, 1.165) is 32.4 Å². The van der Waals surface area contributed by atoms with Crippen LogP contribution in [0.15, 0.2) is 0 Å². The lowest BCUT2D eigenvalue weighted by molar-refractivity contribution is -0.125. The zero-order valence-corrected chi connectivity index (χ0v) is 11.8. The predicted octanol–water partition coefficient (Wildman–Crippen LogP) is 0.440. The minimum atomic E-state index is 0. The van der Waals surface area contributed by atoms with Crippen LogP contribution in [0.5, 0.6) is 0 Å². The molecule has 1 aliphatic heterocycles. The van der Waals surface area contributed by atoms with E-state index >= 15 is 0 Å². The van der Waals surface area contributed by atoms with E-state index in [-0.39, 0.29) is 30.1 Å². The van der Waals surface area contributed by atoms with E-state index < -0.39 is 0 Å². The molecule has 1 aliphatic rings. The van der Waals surface area contributed by atoms with Gasteiger partial charge >= 0.3 is 0 Å². The molecule has 0 radical (unpaired) electrons. The van der Waals surface area contributed by atoms with Crippen molar-refractivity contribution in [2.75, 3.05) is 26.2 Å². The van der Waals surface area contributed by atoms with Gasteiger partial charge in [0.1, 0.15) is 0 Å². The normalized spacial score (nSPS) is 18.6. The summed E-state index contributed by atoms with van der Waals surface area (Å²) in [6, 6.07) is 0. The number of amides is 2. The Morgan fingerprint density at radius 2 is 2.06 bits per heavy atom. The Labute approximate surface area is 115 Å². The number of rotatable bonds is 6. The minimum Gasteiger partial charge on any atom is -0.356 e. The first kappa shape index (κ1) is 17.2. The molecule has 1 rings (SSSR count). The van der Waals surface area contributed by atoms with Gasteiger partial charge in [0.2, 0.25) is 11.8 Å². The fourth-order valence-electron chi connectivity index (χ4n) is 1.87. The molecule has 1 saturated heterocycles. The summed E-state index contributed by atoms with van der Waals surface area (Å²) in [6.45, 7) is 4.92. The molecule has 2 amide bonds. The van der Waals surface area contributed by atoms with Gasteiger partial charge in [-0.05, 0) is 25.8 Å². The first-order chi connectivity index (χ1) is 8.24. The zero-order valence-electron chi connectivity index (χ0n) is 11.0. The van der Waals surface area contributed by atoms with E-state index in [9.17, 15) is 9.59 Å². The Hall–Kier alpha value is -0.810. The van der Waals surface area contributed by atoms with Crippen molar-refractivity contribution < 1.29 is 9.59 Å². The molecule has 0 spiro atoms. The van der Waals surface area contributed by atoms with E-state index in [1.807, 2.05) is 6.92 Å². The molecule has 0 bridgehead atoms. The number of carbonyl (C=O) groups excluding carboxylic acids is 2. The molecule has 3 N–H and O–H groups in total. The molecule has 1 fully saturated rings. The van der Waals surface area contributed by atoms with E-state index in [4.69, 9.17) is 0 Å². The number of hydrogen-bond donors (Lipinski definition) is 3. The van der Waals surface area contributed by atoms with Crippen LogP contribution in [-0.2, 0) is 9.59 Å². The summed E-state index contributed by atoms with van der Waals surface area (Å²) < 4.78 is 0. The Balaban J connectivity index is 0.00000289. The summed E-state index contributed by atoms with van der Waals surface area (Å²) in [5.41, 5.74) is 0. The summed E-state index contributed by atoms with van der Waals surface area (Å²) in [6.07, 6.45) is 3.30. The SMILES string of the molecule is CCCNC(=O)CCNC(=O)[C@@H]1CCCNC1.Cl. The van der Waals surface area contributed by atoms with Crippen molar-refractivity contribution in [1.82, 2.24) is 16.0 Å². The highest BCUT2D eigenvalue weighted by Gasteiger charge is 2.20. The Bertz CT molecular complexity index is 256. The smallest absolute Gasteiger partial charge is 0.224 e. The quantitative estimate of drug-likeness (QED) is 0.660. The predicted molar refractivity (Wildman–Crippen MR) is 73.8 cm³/mol. The molecule has 1 heterocycles. The van der Waals surface area contributed by atoms with Gasteiger partial charge in [-0.15, -0.1) is 12.4 Å². The molecule has 1 atom stereocenters. The van der Waals surface area contributed by atoms with Gasteiger partial charge in [-0.25, -0.2) is 0 Å². The third kappa shape index (κ3) is 6.81. The molecule has 0 aliphatic carbocycles. The fourth-order valence-corrected chi connectivity index (χ4v) is 1.87. The molecule has 0 aromatic rings. The molecule has 0 aromatic heterocycles. The largest absolute Gasteiger partial charge is 0.356 e. The highest BCUT2D eigenvalue weighted by molar-refractivity contribution is 5.85. The van der Waals surface area contributed by atoms with Gasteiger partial charge in [-0.1, -0.05) is 6.92 Å². The van der Waals surface area contributed by atoms with Crippen molar-refractivity contribution in [3.63, 3.8) is 0 Å². The average Bonchev–Trinajstić information content (AvgIpc) is 2.37. The Kier molecular flexibility index (Phi) is 9.69. The number of nitrogens with one attached hydrogen (secondary N) is 3. The van der Waals surface area contributed by atoms with Crippen molar-refractivity contribution in [2.24, 2.45) is 5.92 Å². The van der Waals surface area contributed by atoms with Gasteiger partial charge in [-0.3, -0.25) is 9.59 Å². The number of piperidine rings is 1. The first-order valence-electron chi connectivity index (χ1n) is 6.49. The van der Waals surface area contributed by atoms with Gasteiger partial charge < -0.3 is 16.0 Å². The standard InChI is InChI=1S/C12H23N3O2.ClH/c1-2-6-14-11(16)5-8-15-12(17)10-4-3-7-13-9-10;/h10,13H,2-9H2,1H3,(H,14,16)(H,15,17);1H/t10-;/m1./s1. The Morgan fingerprint density at radius 1 is 1.28 bits per heavy atom. The highest BCUT2D eigenvalue weighted by atomic mass is 35.5. The maximum Gasteiger partial charge on any atom is 0.224 e. The van der Waals surface area contributed by atoms with Crippen LogP contribution in [0, 0.1) is 5.92 Å². The van der Waals surface area contributed by atoms with Crippen molar-refractivity contribution >= 4 is 24.2 Å². The van der Waals surface area contributed by atoms with E-state index in [1.165, 1.54) is 0 Å². The second kappa shape index (κ2) is 10.1. The number of hydrogen-bond acceptors (Lipinski definition) is 3. The molecule has 6 heteroatoms. The molecule has 106 valence electrons. The van der Waals surface area contributed by atoms with Crippen LogP contribution in [-0.4, -0.2) is 38.0 Å². The van der Waals surface area contributed by atoms with Crippen LogP contribution in [0.25, 0.3) is 0 Å². The van der Waals surface area contributed by atoms with E-state index in [2.05, 4.69) is 16.0 Å². The fraction of sp³-hybridized carbons (Fsp3) is 0.833. The van der Waals surface area contributed by atoms with Crippen LogP contribution in [0.2, 0.25) is 0 Å². The highest BCUT2D eigenvalue weighted by Crippen LogP contribution is 2.09. The van der Waals surface area contributed by atoms with Crippen LogP contribution in [0.4, 0.5) is 0 Å². The van der Waals surface area contributed by atoms with Crippen LogP contribution in [0.1, 0.15) is 32.6 Å². The van der Waals surface area contributed by atoms with Gasteiger partial charge in [0.25, 0.3) is 0 Å². The monoisotopic (exact) mass is 277 g/mol. The average molecular weight is 278 g/mol. The van der Waals surface area contributed by atoms with Gasteiger partial charge in [0.15, 0.2) is 0 Å². The topological polar surface area (TPSA) is 70.2 Å². The lowest BCUT2D eigenvalue weighted by Gasteiger charge is -2.21. The minimum absolute atomic E-state index is 0. The lowest BCUT2D eigenvalue weighted by Crippen LogP contribution is -2.41. The van der Waals surface area contributed by atoms with Gasteiger partial charge in [0.05, 0.1) is 5.92 Å². The molecule has 0 unspecified atom stereocenters. The van der Waals surface area contributed by atoms with Crippen molar-refractivity contribution in [1.29, 1.82) is 0 Å². The van der Waals surface area contributed by atoms with Gasteiger partial charge in [-0.2, -0.15) is 0 Å².